The number of rotatable bonds is 9. The molecule has 0 aliphatic rings. The molecule has 0 spiro atoms. The molecule has 0 amide bonds. The van der Waals surface area contributed by atoms with Gasteiger partial charge < -0.3 is 15.0 Å². The molecule has 0 radical (unpaired) electrons. The predicted molar refractivity (Wildman–Crippen MR) is 82.7 cm³/mol. The number of hydrogen-bond acceptors (Lipinski definition) is 3. The number of halogens is 1. The first-order valence-electron chi connectivity index (χ1n) is 7.31. The summed E-state index contributed by atoms with van der Waals surface area (Å²) in [6.07, 6.45) is 0. The van der Waals surface area contributed by atoms with E-state index in [1.165, 1.54) is 6.07 Å². The van der Waals surface area contributed by atoms with Gasteiger partial charge in [-0.15, -0.1) is 0 Å². The summed E-state index contributed by atoms with van der Waals surface area (Å²) in [4.78, 5) is 2.30. The Labute approximate surface area is 122 Å². The van der Waals surface area contributed by atoms with Gasteiger partial charge in [-0.05, 0) is 36.6 Å². The van der Waals surface area contributed by atoms with Crippen LogP contribution >= 0.6 is 0 Å². The molecule has 0 aromatic heterocycles. The molecule has 0 unspecified atom stereocenters. The predicted octanol–water partition coefficient (Wildman–Crippen LogP) is 3.04. The fourth-order valence-corrected chi connectivity index (χ4v) is 2.24. The molecule has 1 rings (SSSR count). The molecule has 1 aromatic rings. The van der Waals surface area contributed by atoms with E-state index in [1.807, 2.05) is 6.07 Å². The van der Waals surface area contributed by atoms with Crippen LogP contribution in [0.2, 0.25) is 0 Å². The minimum absolute atomic E-state index is 0.183. The molecule has 114 valence electrons. The van der Waals surface area contributed by atoms with E-state index < -0.39 is 0 Å². The topological polar surface area (TPSA) is 24.5 Å². The molecule has 0 heterocycles. The monoisotopic (exact) mass is 282 g/mol. The molecular formula is C16H27FN2O. The maximum Gasteiger partial charge on any atom is 0.123 e. The van der Waals surface area contributed by atoms with Crippen LogP contribution in [-0.2, 0) is 11.3 Å². The van der Waals surface area contributed by atoms with Crippen molar-refractivity contribution in [3.63, 3.8) is 0 Å². The molecule has 0 atom stereocenters. The van der Waals surface area contributed by atoms with Crippen LogP contribution in [0.15, 0.2) is 18.2 Å². The van der Waals surface area contributed by atoms with Crippen LogP contribution in [0, 0.1) is 11.7 Å². The number of benzene rings is 1. The Morgan fingerprint density at radius 1 is 1.35 bits per heavy atom. The highest BCUT2D eigenvalue weighted by molar-refractivity contribution is 5.53. The molecule has 4 heteroatoms. The van der Waals surface area contributed by atoms with Gasteiger partial charge in [-0.1, -0.05) is 13.8 Å². The lowest BCUT2D eigenvalue weighted by Gasteiger charge is -2.27. The molecule has 1 N–H and O–H groups in total. The largest absolute Gasteiger partial charge is 0.383 e. The van der Waals surface area contributed by atoms with Gasteiger partial charge >= 0.3 is 0 Å². The fraction of sp³-hybridized carbons (Fsp3) is 0.625. The molecule has 0 bridgehead atoms. The Balaban J connectivity index is 2.82. The molecule has 0 saturated heterocycles. The van der Waals surface area contributed by atoms with Crippen molar-refractivity contribution < 1.29 is 9.13 Å². The van der Waals surface area contributed by atoms with Crippen molar-refractivity contribution in [2.45, 2.75) is 27.3 Å². The Morgan fingerprint density at radius 2 is 2.10 bits per heavy atom. The quantitative estimate of drug-likeness (QED) is 0.705. The van der Waals surface area contributed by atoms with Gasteiger partial charge in [0.05, 0.1) is 6.61 Å². The lowest BCUT2D eigenvalue weighted by atomic mass is 10.1. The SMILES string of the molecule is CCN(CC(C)C)c1ccc(F)cc1CNCCOC. The summed E-state index contributed by atoms with van der Waals surface area (Å²) < 4.78 is 18.5. The summed E-state index contributed by atoms with van der Waals surface area (Å²) in [5, 5.41) is 3.28. The van der Waals surface area contributed by atoms with E-state index in [-0.39, 0.29) is 5.82 Å². The average Bonchev–Trinajstić information content (AvgIpc) is 2.41. The van der Waals surface area contributed by atoms with Gasteiger partial charge in [0, 0.05) is 39.0 Å². The highest BCUT2D eigenvalue weighted by Gasteiger charge is 2.12. The van der Waals surface area contributed by atoms with E-state index >= 15 is 0 Å². The van der Waals surface area contributed by atoms with Crippen LogP contribution in [0.25, 0.3) is 0 Å². The summed E-state index contributed by atoms with van der Waals surface area (Å²) in [5.74, 6) is 0.396. The van der Waals surface area contributed by atoms with Crippen LogP contribution in [0.1, 0.15) is 26.3 Å². The van der Waals surface area contributed by atoms with Gasteiger partial charge in [-0.3, -0.25) is 0 Å². The van der Waals surface area contributed by atoms with Crippen LogP contribution < -0.4 is 10.2 Å². The normalized spacial score (nSPS) is 11.1. The minimum atomic E-state index is -0.183. The second-order valence-electron chi connectivity index (χ2n) is 5.38. The zero-order chi connectivity index (χ0) is 15.0. The number of ether oxygens (including phenoxy) is 1. The summed E-state index contributed by atoms with van der Waals surface area (Å²) in [6.45, 7) is 10.5. The molecule has 0 saturated carbocycles. The molecule has 0 aliphatic carbocycles. The minimum Gasteiger partial charge on any atom is -0.383 e. The standard InChI is InChI=1S/C16H27FN2O/c1-5-19(12-13(2)3)16-7-6-15(17)10-14(16)11-18-8-9-20-4/h6-7,10,13,18H,5,8-9,11-12H2,1-4H3. The highest BCUT2D eigenvalue weighted by atomic mass is 19.1. The van der Waals surface area contributed by atoms with Crippen molar-refractivity contribution in [2.75, 3.05) is 38.3 Å². The molecule has 0 fully saturated rings. The van der Waals surface area contributed by atoms with Crippen LogP contribution in [0.5, 0.6) is 0 Å². The highest BCUT2D eigenvalue weighted by Crippen LogP contribution is 2.22. The van der Waals surface area contributed by atoms with E-state index in [0.29, 0.717) is 19.1 Å². The van der Waals surface area contributed by atoms with Gasteiger partial charge in [0.15, 0.2) is 0 Å². The van der Waals surface area contributed by atoms with Crippen LogP contribution in [-0.4, -0.2) is 33.4 Å². The van der Waals surface area contributed by atoms with Gasteiger partial charge in [0.2, 0.25) is 0 Å². The van der Waals surface area contributed by atoms with Gasteiger partial charge in [-0.2, -0.15) is 0 Å². The zero-order valence-corrected chi connectivity index (χ0v) is 13.1. The second kappa shape index (κ2) is 8.93. The van der Waals surface area contributed by atoms with Gasteiger partial charge in [0.1, 0.15) is 5.82 Å². The van der Waals surface area contributed by atoms with Crippen molar-refractivity contribution in [1.82, 2.24) is 5.32 Å². The van der Waals surface area contributed by atoms with Crippen LogP contribution in [0.4, 0.5) is 10.1 Å². The summed E-state index contributed by atoms with van der Waals surface area (Å²) in [5.41, 5.74) is 2.12. The van der Waals surface area contributed by atoms with E-state index in [2.05, 4.69) is 31.0 Å². The van der Waals surface area contributed by atoms with Crippen molar-refractivity contribution >= 4 is 5.69 Å². The van der Waals surface area contributed by atoms with Crippen molar-refractivity contribution in [1.29, 1.82) is 0 Å². The maximum absolute atomic E-state index is 13.5. The van der Waals surface area contributed by atoms with E-state index in [0.717, 1.165) is 30.9 Å². The number of nitrogens with zero attached hydrogens (tertiary/aromatic N) is 1. The first-order valence-corrected chi connectivity index (χ1v) is 7.31. The maximum atomic E-state index is 13.5. The number of nitrogens with one attached hydrogen (secondary N) is 1. The van der Waals surface area contributed by atoms with Gasteiger partial charge in [-0.25, -0.2) is 4.39 Å². The molecule has 0 aliphatic heterocycles. The van der Waals surface area contributed by atoms with E-state index in [4.69, 9.17) is 4.74 Å². The van der Waals surface area contributed by atoms with E-state index in [9.17, 15) is 4.39 Å². The third kappa shape index (κ3) is 5.47. The molecule has 1 aromatic carbocycles. The summed E-state index contributed by atoms with van der Waals surface area (Å²) in [7, 11) is 1.68. The Hall–Kier alpha value is -1.13. The number of hydrogen-bond donors (Lipinski definition) is 1. The lowest BCUT2D eigenvalue weighted by molar-refractivity contribution is 0.199. The fourth-order valence-electron chi connectivity index (χ4n) is 2.24. The summed E-state index contributed by atoms with van der Waals surface area (Å²) in [6, 6.07) is 5.05. The van der Waals surface area contributed by atoms with Gasteiger partial charge in [0.25, 0.3) is 0 Å². The average molecular weight is 282 g/mol. The van der Waals surface area contributed by atoms with Crippen molar-refractivity contribution in [3.05, 3.63) is 29.6 Å². The second-order valence-corrected chi connectivity index (χ2v) is 5.38. The summed E-state index contributed by atoms with van der Waals surface area (Å²) >= 11 is 0. The zero-order valence-electron chi connectivity index (χ0n) is 13.1. The smallest absolute Gasteiger partial charge is 0.123 e. The van der Waals surface area contributed by atoms with E-state index in [1.54, 1.807) is 13.2 Å². The Bertz CT molecular complexity index is 396. The van der Waals surface area contributed by atoms with Crippen molar-refractivity contribution in [3.8, 4) is 0 Å². The first-order chi connectivity index (χ1) is 9.58. The Morgan fingerprint density at radius 3 is 2.70 bits per heavy atom. The number of methoxy groups -OCH3 is 1. The number of anilines is 1. The Kier molecular flexibility index (Phi) is 7.55. The molecular weight excluding hydrogens is 255 g/mol. The third-order valence-corrected chi connectivity index (χ3v) is 3.15. The third-order valence-electron chi connectivity index (χ3n) is 3.15. The molecule has 3 nitrogen and oxygen atoms in total. The first kappa shape index (κ1) is 16.9. The lowest BCUT2D eigenvalue weighted by Crippen LogP contribution is -2.29. The van der Waals surface area contributed by atoms with Crippen molar-refractivity contribution in [2.24, 2.45) is 5.92 Å². The van der Waals surface area contributed by atoms with Crippen LogP contribution in [0.3, 0.4) is 0 Å². The molecule has 20 heavy (non-hydrogen) atoms.